The van der Waals surface area contributed by atoms with E-state index >= 15 is 0 Å². The molecule has 5 N–H and O–H groups in total. The quantitative estimate of drug-likeness (QED) is 0.0683. The molecule has 10 nitrogen and oxygen atoms in total. The zero-order chi connectivity index (χ0) is 24.8. The van der Waals surface area contributed by atoms with Gasteiger partial charge in [-0.2, -0.15) is 5.11 Å². The third kappa shape index (κ3) is 5.30. The number of azo groups is 2. The van der Waals surface area contributed by atoms with Crippen LogP contribution in [0.1, 0.15) is 0 Å². The van der Waals surface area contributed by atoms with E-state index in [4.69, 9.17) is 9.92 Å². The van der Waals surface area contributed by atoms with Gasteiger partial charge in [0.15, 0.2) is 0 Å². The lowest BCUT2D eigenvalue weighted by atomic mass is 10.1. The van der Waals surface area contributed by atoms with Crippen LogP contribution in [-0.4, -0.2) is 16.8 Å². The minimum absolute atomic E-state index is 0.114. The minimum atomic E-state index is -0.161. The second-order valence-electron chi connectivity index (χ2n) is 7.04. The molecule has 0 atom stereocenters. The molecule has 0 saturated carbocycles. The second kappa shape index (κ2) is 11.1. The van der Waals surface area contributed by atoms with Crippen molar-refractivity contribution in [1.82, 2.24) is 0 Å². The van der Waals surface area contributed by atoms with Crippen molar-refractivity contribution in [2.45, 2.75) is 9.79 Å². The monoisotopic (exact) mass is 507 g/mol. The van der Waals surface area contributed by atoms with E-state index in [0.29, 0.717) is 49.7 Å². The van der Waals surface area contributed by atoms with Gasteiger partial charge in [0.2, 0.25) is 5.75 Å². The van der Waals surface area contributed by atoms with Crippen molar-refractivity contribution < 1.29 is 19.0 Å². The Bertz CT molecular complexity index is 1430. The molecule has 0 aromatic heterocycles. The predicted molar refractivity (Wildman–Crippen MR) is 137 cm³/mol. The number of nitrogens with one attached hydrogen (secondary N) is 1. The molecular formula is C23H19N6O4S2+. The Balaban J connectivity index is 1.86. The molecule has 176 valence electrons. The third-order valence-electron chi connectivity index (χ3n) is 4.88. The predicted octanol–water partition coefficient (Wildman–Crippen LogP) is 6.66. The summed E-state index contributed by atoms with van der Waals surface area (Å²) in [6.45, 7) is 0. The van der Waals surface area contributed by atoms with E-state index in [-0.39, 0.29) is 22.8 Å². The van der Waals surface area contributed by atoms with Crippen LogP contribution < -0.4 is 10.8 Å². The molecule has 0 unspecified atom stereocenters. The first kappa shape index (κ1) is 24.3. The number of rotatable bonds is 8. The molecule has 0 amide bonds. The Labute approximate surface area is 208 Å². The van der Waals surface area contributed by atoms with Crippen LogP contribution in [0.15, 0.2) is 97.0 Å². The van der Waals surface area contributed by atoms with Crippen molar-refractivity contribution in [3.63, 3.8) is 0 Å². The Morgan fingerprint density at radius 3 is 2.29 bits per heavy atom. The van der Waals surface area contributed by atoms with Crippen molar-refractivity contribution in [1.29, 1.82) is 0 Å². The van der Waals surface area contributed by atoms with Crippen LogP contribution in [0.5, 0.6) is 5.75 Å². The van der Waals surface area contributed by atoms with Gasteiger partial charge in [-0.3, -0.25) is 0 Å². The molecule has 35 heavy (non-hydrogen) atoms. The highest BCUT2D eigenvalue weighted by molar-refractivity contribution is 7.94. The van der Waals surface area contributed by atoms with E-state index in [0.717, 1.165) is 12.0 Å². The number of phenols is 1. The van der Waals surface area contributed by atoms with Gasteiger partial charge in [0.1, 0.15) is 22.0 Å². The first-order valence-electron chi connectivity index (χ1n) is 10.1. The Hall–Kier alpha value is -3.84. The average Bonchev–Trinajstić information content (AvgIpc) is 2.88. The van der Waals surface area contributed by atoms with Crippen LogP contribution in [0.25, 0.3) is 10.8 Å². The summed E-state index contributed by atoms with van der Waals surface area (Å²) in [6, 6.07) is 18.7. The Morgan fingerprint density at radius 1 is 0.943 bits per heavy atom. The summed E-state index contributed by atoms with van der Waals surface area (Å²) in [7, 11) is 1.51. The number of benzene rings is 4. The number of nitrogens with zero attached hydrogens (tertiary/aromatic N) is 4. The number of para-hydroxylation sites is 1. The molecule has 0 heterocycles. The van der Waals surface area contributed by atoms with Gasteiger partial charge in [0.25, 0.3) is 5.69 Å². The summed E-state index contributed by atoms with van der Waals surface area (Å²) in [5.41, 5.74) is 8.37. The molecular weight excluding hydrogens is 488 g/mol. The lowest BCUT2D eigenvalue weighted by molar-refractivity contribution is -0.436. The van der Waals surface area contributed by atoms with E-state index in [1.165, 1.54) is 19.2 Å². The number of anilines is 1. The average molecular weight is 508 g/mol. The minimum Gasteiger partial charge on any atom is -0.502 e. The standard InChI is InChI=1S/C23H18N6O4S2/c1-33-35-18-12-13-11-17(34-32)21(27-26-15-7-9-16(29-31)10-8-15)20(24)19(13)23(30)22(18)28-25-14-5-3-2-4-6-14/h2-12,30,32H,24H2,1H3/p+1. The van der Waals surface area contributed by atoms with Crippen molar-refractivity contribution in [2.75, 3.05) is 12.8 Å². The SMILES string of the molecule is COSc1cc2cc(SO)c(N=Nc3ccc(N=O)cc3)c(N)c2c(O)c1[NH+]=Nc1ccccc1. The van der Waals surface area contributed by atoms with E-state index in [2.05, 4.69) is 25.6 Å². The normalized spacial score (nSPS) is 11.6. The van der Waals surface area contributed by atoms with Gasteiger partial charge in [-0.15, -0.1) is 10.0 Å². The van der Waals surface area contributed by atoms with Crippen LogP contribution in [0.2, 0.25) is 0 Å². The highest BCUT2D eigenvalue weighted by Crippen LogP contribution is 2.47. The molecule has 0 radical (unpaired) electrons. The van der Waals surface area contributed by atoms with Gasteiger partial charge in [0, 0.05) is 24.1 Å². The summed E-state index contributed by atoms with van der Waals surface area (Å²) < 4.78 is 15.1. The van der Waals surface area contributed by atoms with Crippen LogP contribution in [0, 0.1) is 4.91 Å². The first-order valence-corrected chi connectivity index (χ1v) is 11.6. The van der Waals surface area contributed by atoms with Crippen molar-refractivity contribution in [2.24, 2.45) is 20.5 Å². The van der Waals surface area contributed by atoms with Crippen LogP contribution in [-0.2, 0) is 4.18 Å². The number of phenolic OH excluding ortho intramolecular Hbond substituents is 1. The smallest absolute Gasteiger partial charge is 0.287 e. The molecule has 0 bridgehead atoms. The molecule has 0 aliphatic rings. The Kier molecular flexibility index (Phi) is 7.67. The van der Waals surface area contributed by atoms with E-state index < -0.39 is 0 Å². The maximum Gasteiger partial charge on any atom is 0.287 e. The topological polar surface area (TPSA) is 156 Å². The molecule has 4 aromatic rings. The first-order chi connectivity index (χ1) is 17.0. The molecule has 0 aliphatic carbocycles. The fourth-order valence-electron chi connectivity index (χ4n) is 3.27. The van der Waals surface area contributed by atoms with Gasteiger partial charge >= 0.3 is 0 Å². The summed E-state index contributed by atoms with van der Waals surface area (Å²) in [5, 5.41) is 30.5. The van der Waals surface area contributed by atoms with E-state index in [1.807, 2.05) is 30.3 Å². The molecule has 4 rings (SSSR count). The number of fused-ring (bicyclic) bond motifs is 1. The van der Waals surface area contributed by atoms with Crippen LogP contribution in [0.3, 0.4) is 0 Å². The zero-order valence-corrected chi connectivity index (χ0v) is 19.9. The third-order valence-corrected chi connectivity index (χ3v) is 6.06. The number of nitrogens with two attached hydrogens (primary N) is 1. The van der Waals surface area contributed by atoms with Gasteiger partial charge in [0.05, 0.1) is 28.8 Å². The molecule has 0 fully saturated rings. The van der Waals surface area contributed by atoms with E-state index in [1.54, 1.807) is 24.3 Å². The number of nitroso groups, excluding NO2 is 1. The lowest BCUT2D eigenvalue weighted by Crippen LogP contribution is -2.57. The summed E-state index contributed by atoms with van der Waals surface area (Å²) >= 11 is 1.49. The molecule has 12 heteroatoms. The summed E-state index contributed by atoms with van der Waals surface area (Å²) in [5.74, 6) is -0.161. The summed E-state index contributed by atoms with van der Waals surface area (Å²) in [6.07, 6.45) is 0. The lowest BCUT2D eigenvalue weighted by Gasteiger charge is -2.12. The highest BCUT2D eigenvalue weighted by Gasteiger charge is 2.24. The molecule has 0 saturated heterocycles. The fraction of sp³-hybridized carbons (Fsp3) is 0.0435. The van der Waals surface area contributed by atoms with Crippen molar-refractivity contribution in [3.05, 3.63) is 71.6 Å². The van der Waals surface area contributed by atoms with Crippen LogP contribution >= 0.6 is 24.1 Å². The molecule has 0 spiro atoms. The Morgan fingerprint density at radius 2 is 1.63 bits per heavy atom. The largest absolute Gasteiger partial charge is 0.502 e. The summed E-state index contributed by atoms with van der Waals surface area (Å²) in [4.78, 5) is 11.5. The number of hydrogen-bond donors (Lipinski definition) is 4. The second-order valence-corrected chi connectivity index (χ2v) is 8.60. The van der Waals surface area contributed by atoms with Crippen LogP contribution in [0.4, 0.5) is 34.1 Å². The number of aromatic hydroxyl groups is 1. The zero-order valence-electron chi connectivity index (χ0n) is 18.2. The molecule has 0 aliphatic heterocycles. The number of hydrogen-bond acceptors (Lipinski definition) is 11. The van der Waals surface area contributed by atoms with Gasteiger partial charge < -0.3 is 19.6 Å². The van der Waals surface area contributed by atoms with Gasteiger partial charge in [-0.05, 0) is 64.2 Å². The van der Waals surface area contributed by atoms with Gasteiger partial charge in [-0.25, -0.2) is 0 Å². The maximum absolute atomic E-state index is 11.2. The van der Waals surface area contributed by atoms with Gasteiger partial charge in [-0.1, -0.05) is 23.3 Å². The van der Waals surface area contributed by atoms with Crippen molar-refractivity contribution in [3.8, 4) is 5.75 Å². The van der Waals surface area contributed by atoms with Crippen molar-refractivity contribution >= 4 is 69.0 Å². The highest BCUT2D eigenvalue weighted by atomic mass is 32.2. The fourth-order valence-corrected chi connectivity index (χ4v) is 4.27. The number of nitrogen functional groups attached to an aromatic ring is 1. The molecule has 4 aromatic carbocycles. The van der Waals surface area contributed by atoms with E-state index in [9.17, 15) is 14.6 Å². The maximum atomic E-state index is 11.2.